The van der Waals surface area contributed by atoms with Crippen molar-refractivity contribution in [2.45, 2.75) is 38.9 Å². The summed E-state index contributed by atoms with van der Waals surface area (Å²) in [6.07, 6.45) is 4.62. The second-order valence-corrected chi connectivity index (χ2v) is 5.87. The average molecular weight is 265 g/mol. The molecule has 1 atom stereocenters. The zero-order valence-corrected chi connectivity index (χ0v) is 12.0. The Morgan fingerprint density at radius 2 is 1.90 bits per heavy atom. The van der Waals surface area contributed by atoms with Gasteiger partial charge in [0.25, 0.3) is 0 Å². The zero-order chi connectivity index (χ0) is 13.7. The maximum atomic E-state index is 4.66. The fourth-order valence-electron chi connectivity index (χ4n) is 3.61. The van der Waals surface area contributed by atoms with Crippen LogP contribution in [0.25, 0.3) is 0 Å². The van der Waals surface area contributed by atoms with Crippen molar-refractivity contribution in [3.05, 3.63) is 48.2 Å². The fraction of sp³-hybridized carbons (Fsp3) is 0.353. The van der Waals surface area contributed by atoms with Gasteiger partial charge in [-0.15, -0.1) is 0 Å². The van der Waals surface area contributed by atoms with Crippen LogP contribution in [0.1, 0.15) is 25.8 Å². The number of pyridine rings is 1. The minimum Gasteiger partial charge on any atom is -0.345 e. The molecule has 2 aliphatic heterocycles. The van der Waals surface area contributed by atoms with E-state index in [2.05, 4.69) is 59.0 Å². The van der Waals surface area contributed by atoms with Crippen molar-refractivity contribution >= 4 is 17.2 Å². The number of aromatic nitrogens is 1. The van der Waals surface area contributed by atoms with E-state index in [1.54, 1.807) is 0 Å². The van der Waals surface area contributed by atoms with Crippen molar-refractivity contribution in [1.82, 2.24) is 4.98 Å². The lowest BCUT2D eigenvalue weighted by atomic mass is 9.99. The Hall–Kier alpha value is -2.03. The smallest absolute Gasteiger partial charge is 0.158 e. The van der Waals surface area contributed by atoms with Crippen molar-refractivity contribution in [3.8, 4) is 0 Å². The molecule has 4 rings (SSSR count). The number of anilines is 3. The van der Waals surface area contributed by atoms with Crippen molar-refractivity contribution in [3.63, 3.8) is 0 Å². The van der Waals surface area contributed by atoms with Crippen molar-refractivity contribution in [2.24, 2.45) is 0 Å². The van der Waals surface area contributed by atoms with Gasteiger partial charge in [0.2, 0.25) is 0 Å². The van der Waals surface area contributed by atoms with Crippen LogP contribution in [-0.2, 0) is 6.42 Å². The van der Waals surface area contributed by atoms with Crippen LogP contribution in [0.3, 0.4) is 0 Å². The molecule has 0 bridgehead atoms. The minimum absolute atomic E-state index is 0.412. The van der Waals surface area contributed by atoms with Gasteiger partial charge < -0.3 is 9.80 Å². The van der Waals surface area contributed by atoms with Gasteiger partial charge in [-0.2, -0.15) is 0 Å². The zero-order valence-electron chi connectivity index (χ0n) is 12.0. The second kappa shape index (κ2) is 4.23. The van der Waals surface area contributed by atoms with Gasteiger partial charge in [0.15, 0.2) is 5.82 Å². The molecule has 3 nitrogen and oxygen atoms in total. The lowest BCUT2D eigenvalue weighted by molar-refractivity contribution is 0.523. The third kappa shape index (κ3) is 1.49. The average Bonchev–Trinajstić information content (AvgIpc) is 2.82. The topological polar surface area (TPSA) is 19.4 Å². The molecule has 1 aromatic carbocycles. The summed E-state index contributed by atoms with van der Waals surface area (Å²) in [5.41, 5.74) is 4.03. The molecule has 3 heteroatoms. The molecule has 20 heavy (non-hydrogen) atoms. The van der Waals surface area contributed by atoms with Gasteiger partial charge in [-0.05, 0) is 50.5 Å². The normalized spacial score (nSPS) is 19.9. The van der Waals surface area contributed by atoms with Crippen LogP contribution in [-0.4, -0.2) is 17.2 Å². The molecular formula is C17H19N3. The molecule has 0 spiro atoms. The number of benzene rings is 1. The van der Waals surface area contributed by atoms with E-state index in [1.165, 1.54) is 16.9 Å². The lowest BCUT2D eigenvalue weighted by Crippen LogP contribution is -2.46. The number of hydrogen-bond acceptors (Lipinski definition) is 3. The number of rotatable bonds is 1. The fourth-order valence-corrected chi connectivity index (χ4v) is 3.61. The molecule has 0 fully saturated rings. The predicted octanol–water partition coefficient (Wildman–Crippen LogP) is 3.72. The van der Waals surface area contributed by atoms with Gasteiger partial charge in [-0.25, -0.2) is 4.98 Å². The molecule has 0 amide bonds. The number of hydrogen-bond donors (Lipinski definition) is 0. The highest BCUT2D eigenvalue weighted by Crippen LogP contribution is 2.48. The first kappa shape index (κ1) is 11.8. The summed E-state index contributed by atoms with van der Waals surface area (Å²) >= 11 is 0. The van der Waals surface area contributed by atoms with Crippen molar-refractivity contribution in [2.75, 3.05) is 9.80 Å². The van der Waals surface area contributed by atoms with Gasteiger partial charge in [0, 0.05) is 17.9 Å². The highest BCUT2D eigenvalue weighted by atomic mass is 15.5. The quantitative estimate of drug-likeness (QED) is 0.783. The lowest BCUT2D eigenvalue weighted by Gasteiger charge is -2.39. The molecule has 2 aliphatic rings. The molecule has 0 aliphatic carbocycles. The number of fused-ring (bicyclic) bond motifs is 5. The Balaban J connectivity index is 1.92. The Morgan fingerprint density at radius 3 is 2.75 bits per heavy atom. The molecule has 2 aromatic rings. The van der Waals surface area contributed by atoms with Crippen LogP contribution in [0.2, 0.25) is 0 Å². The summed E-state index contributed by atoms with van der Waals surface area (Å²) in [5, 5.41) is 0. The van der Waals surface area contributed by atoms with Gasteiger partial charge in [0.05, 0.1) is 5.69 Å². The molecule has 0 saturated heterocycles. The molecule has 1 aromatic heterocycles. The largest absolute Gasteiger partial charge is 0.345 e. The number of nitrogens with zero attached hydrogens (tertiary/aromatic N) is 3. The standard InChI is InChI=1S/C17H19N3/c1-12(2)19-15-8-5-11-18-17(15)20-14-7-4-3-6-13(14)9-10-16(19)20/h3-8,11-12,16H,9-10H2,1-2H3. The van der Waals surface area contributed by atoms with Crippen LogP contribution < -0.4 is 9.80 Å². The maximum Gasteiger partial charge on any atom is 0.158 e. The third-order valence-electron chi connectivity index (χ3n) is 4.37. The van der Waals surface area contributed by atoms with Crippen molar-refractivity contribution in [1.29, 1.82) is 0 Å². The minimum atomic E-state index is 0.412. The van der Waals surface area contributed by atoms with E-state index in [0.717, 1.165) is 18.7 Å². The predicted molar refractivity (Wildman–Crippen MR) is 82.5 cm³/mol. The number of para-hydroxylation sites is 1. The first-order valence-corrected chi connectivity index (χ1v) is 7.38. The van der Waals surface area contributed by atoms with Crippen molar-refractivity contribution < 1.29 is 0 Å². The third-order valence-corrected chi connectivity index (χ3v) is 4.37. The van der Waals surface area contributed by atoms with E-state index in [0.29, 0.717) is 12.2 Å². The summed E-state index contributed by atoms with van der Waals surface area (Å²) in [4.78, 5) is 9.60. The van der Waals surface area contributed by atoms with Crippen LogP contribution in [0, 0.1) is 0 Å². The van der Waals surface area contributed by atoms with Crippen LogP contribution in [0.15, 0.2) is 42.6 Å². The highest BCUT2D eigenvalue weighted by Gasteiger charge is 2.41. The number of aryl methyl sites for hydroxylation is 1. The summed E-state index contributed by atoms with van der Waals surface area (Å²) in [6, 6.07) is 13.5. The highest BCUT2D eigenvalue weighted by molar-refractivity contribution is 5.82. The monoisotopic (exact) mass is 265 g/mol. The van der Waals surface area contributed by atoms with E-state index in [1.807, 2.05) is 12.3 Å². The van der Waals surface area contributed by atoms with Gasteiger partial charge in [-0.1, -0.05) is 18.2 Å². The first-order valence-electron chi connectivity index (χ1n) is 7.38. The SMILES string of the molecule is CC(C)N1c2cccnc2N2c3ccccc3CCC21. The molecule has 3 heterocycles. The summed E-state index contributed by atoms with van der Waals surface area (Å²) < 4.78 is 0. The van der Waals surface area contributed by atoms with E-state index >= 15 is 0 Å². The Morgan fingerprint density at radius 1 is 1.10 bits per heavy atom. The summed E-state index contributed by atoms with van der Waals surface area (Å²) in [7, 11) is 0. The van der Waals surface area contributed by atoms with E-state index in [9.17, 15) is 0 Å². The van der Waals surface area contributed by atoms with Crippen LogP contribution in [0.5, 0.6) is 0 Å². The van der Waals surface area contributed by atoms with Gasteiger partial charge in [-0.3, -0.25) is 0 Å². The van der Waals surface area contributed by atoms with Gasteiger partial charge >= 0.3 is 0 Å². The van der Waals surface area contributed by atoms with E-state index in [-0.39, 0.29) is 0 Å². The van der Waals surface area contributed by atoms with Crippen LogP contribution >= 0.6 is 0 Å². The molecular weight excluding hydrogens is 246 g/mol. The van der Waals surface area contributed by atoms with E-state index < -0.39 is 0 Å². The summed E-state index contributed by atoms with van der Waals surface area (Å²) in [5.74, 6) is 1.11. The molecule has 0 saturated carbocycles. The van der Waals surface area contributed by atoms with Gasteiger partial charge in [0.1, 0.15) is 6.17 Å². The van der Waals surface area contributed by atoms with E-state index in [4.69, 9.17) is 0 Å². The Kier molecular flexibility index (Phi) is 2.49. The molecule has 102 valence electrons. The Labute approximate surface area is 119 Å². The second-order valence-electron chi connectivity index (χ2n) is 5.87. The molecule has 1 unspecified atom stereocenters. The maximum absolute atomic E-state index is 4.66. The summed E-state index contributed by atoms with van der Waals surface area (Å²) in [6.45, 7) is 4.53. The van der Waals surface area contributed by atoms with Crippen LogP contribution in [0.4, 0.5) is 17.2 Å². The molecule has 0 radical (unpaired) electrons. The molecule has 0 N–H and O–H groups in total. The first-order chi connectivity index (χ1) is 9.77. The Bertz CT molecular complexity index is 650.